The summed E-state index contributed by atoms with van der Waals surface area (Å²) in [5.41, 5.74) is 8.88. The number of rotatable bonds is 2. The van der Waals surface area contributed by atoms with Crippen molar-refractivity contribution in [2.24, 2.45) is 5.14 Å². The number of nitrogens with two attached hydrogens (primary N) is 2. The summed E-state index contributed by atoms with van der Waals surface area (Å²) in [4.78, 5) is 1.59. The van der Waals surface area contributed by atoms with Gasteiger partial charge in [0, 0.05) is 18.8 Å². The third kappa shape index (κ3) is 2.57. The number of halogens is 1. The zero-order chi connectivity index (χ0) is 15.2. The van der Waals surface area contributed by atoms with E-state index in [1.54, 1.807) is 0 Å². The fraction of sp³-hybridized carbons (Fsp3) is 0.143. The van der Waals surface area contributed by atoms with Crippen LogP contribution in [-0.4, -0.2) is 8.42 Å². The average Bonchev–Trinajstić information content (AvgIpc) is 2.80. The lowest BCUT2D eigenvalue weighted by molar-refractivity contribution is 0.591. The molecular formula is C14H14FN3O2S. The van der Waals surface area contributed by atoms with Crippen LogP contribution >= 0.6 is 0 Å². The summed E-state index contributed by atoms with van der Waals surface area (Å²) in [5, 5.41) is 4.99. The fourth-order valence-corrected chi connectivity index (χ4v) is 3.03. The van der Waals surface area contributed by atoms with Crippen LogP contribution in [-0.2, 0) is 23.1 Å². The average molecular weight is 307 g/mol. The van der Waals surface area contributed by atoms with E-state index in [0.717, 1.165) is 17.2 Å². The van der Waals surface area contributed by atoms with Gasteiger partial charge >= 0.3 is 0 Å². The highest BCUT2D eigenvalue weighted by Crippen LogP contribution is 2.31. The molecule has 0 fully saturated rings. The Bertz CT molecular complexity index is 821. The number of fused-ring (bicyclic) bond motifs is 1. The van der Waals surface area contributed by atoms with Crippen molar-refractivity contribution in [2.75, 3.05) is 10.6 Å². The predicted octanol–water partition coefficient (Wildman–Crippen LogP) is 1.58. The summed E-state index contributed by atoms with van der Waals surface area (Å²) in [6, 6.07) is 9.29. The Morgan fingerprint density at radius 1 is 1.05 bits per heavy atom. The summed E-state index contributed by atoms with van der Waals surface area (Å²) in [7, 11) is -3.90. The second-order valence-corrected chi connectivity index (χ2v) is 6.60. The normalized spacial score (nSPS) is 14.3. The smallest absolute Gasteiger partial charge is 0.238 e. The first-order valence-corrected chi connectivity index (χ1v) is 7.84. The van der Waals surface area contributed by atoms with Gasteiger partial charge in [0.2, 0.25) is 10.0 Å². The standard InChI is InChI=1S/C14H14FN3O2S/c15-13-6-12(21(17,19)20)3-4-14(13)18-7-9-1-2-11(16)5-10(9)8-18/h1-6H,7-8,16H2,(H2,17,19,20). The molecule has 0 bridgehead atoms. The van der Waals surface area contributed by atoms with Crippen LogP contribution in [0.4, 0.5) is 15.8 Å². The molecule has 1 aliphatic heterocycles. The van der Waals surface area contributed by atoms with Gasteiger partial charge in [0.25, 0.3) is 0 Å². The van der Waals surface area contributed by atoms with Crippen molar-refractivity contribution in [1.29, 1.82) is 0 Å². The van der Waals surface area contributed by atoms with Crippen LogP contribution < -0.4 is 15.8 Å². The van der Waals surface area contributed by atoms with Crippen molar-refractivity contribution in [1.82, 2.24) is 0 Å². The second-order valence-electron chi connectivity index (χ2n) is 5.04. The molecule has 5 nitrogen and oxygen atoms in total. The molecule has 110 valence electrons. The van der Waals surface area contributed by atoms with Crippen molar-refractivity contribution in [3.05, 3.63) is 53.3 Å². The molecule has 2 aromatic carbocycles. The largest absolute Gasteiger partial charge is 0.399 e. The van der Waals surface area contributed by atoms with E-state index in [4.69, 9.17) is 10.9 Å². The summed E-state index contributed by atoms with van der Waals surface area (Å²) in [6.07, 6.45) is 0. The first kappa shape index (κ1) is 13.8. The van der Waals surface area contributed by atoms with Crippen LogP contribution in [0, 0.1) is 5.82 Å². The molecule has 1 aliphatic rings. The van der Waals surface area contributed by atoms with E-state index < -0.39 is 15.8 Å². The molecule has 21 heavy (non-hydrogen) atoms. The molecular weight excluding hydrogens is 293 g/mol. The molecule has 0 saturated carbocycles. The Hall–Kier alpha value is -2.12. The number of nitrogens with zero attached hydrogens (tertiary/aromatic N) is 1. The van der Waals surface area contributed by atoms with E-state index >= 15 is 0 Å². The molecule has 0 aromatic heterocycles. The lowest BCUT2D eigenvalue weighted by Gasteiger charge is -2.18. The number of sulfonamides is 1. The zero-order valence-corrected chi connectivity index (χ0v) is 11.9. The third-order valence-corrected chi connectivity index (χ3v) is 4.45. The Morgan fingerprint density at radius 3 is 2.43 bits per heavy atom. The number of primary sulfonamides is 1. The van der Waals surface area contributed by atoms with Crippen LogP contribution in [0.15, 0.2) is 41.3 Å². The fourth-order valence-electron chi connectivity index (χ4n) is 2.51. The van der Waals surface area contributed by atoms with E-state index in [1.807, 2.05) is 23.1 Å². The van der Waals surface area contributed by atoms with Crippen LogP contribution in [0.5, 0.6) is 0 Å². The van der Waals surface area contributed by atoms with E-state index in [1.165, 1.54) is 12.1 Å². The van der Waals surface area contributed by atoms with E-state index in [9.17, 15) is 12.8 Å². The molecule has 1 heterocycles. The molecule has 2 aromatic rings. The highest BCUT2D eigenvalue weighted by molar-refractivity contribution is 7.89. The van der Waals surface area contributed by atoms with Crippen LogP contribution in [0.3, 0.4) is 0 Å². The van der Waals surface area contributed by atoms with Gasteiger partial charge in [-0.15, -0.1) is 0 Å². The van der Waals surface area contributed by atoms with Crippen molar-refractivity contribution in [3.63, 3.8) is 0 Å². The monoisotopic (exact) mass is 307 g/mol. The molecule has 0 spiro atoms. The summed E-state index contributed by atoms with van der Waals surface area (Å²) < 4.78 is 36.6. The predicted molar refractivity (Wildman–Crippen MR) is 78.5 cm³/mol. The zero-order valence-electron chi connectivity index (χ0n) is 11.1. The van der Waals surface area contributed by atoms with E-state index in [2.05, 4.69) is 0 Å². The third-order valence-electron chi connectivity index (χ3n) is 3.54. The second kappa shape index (κ2) is 4.71. The maximum atomic E-state index is 14.1. The topological polar surface area (TPSA) is 89.4 Å². The highest BCUT2D eigenvalue weighted by atomic mass is 32.2. The Morgan fingerprint density at radius 2 is 1.76 bits per heavy atom. The molecule has 7 heteroatoms. The van der Waals surface area contributed by atoms with Crippen molar-refractivity contribution in [3.8, 4) is 0 Å². The van der Waals surface area contributed by atoms with Crippen LogP contribution in [0.1, 0.15) is 11.1 Å². The highest BCUT2D eigenvalue weighted by Gasteiger charge is 2.22. The van der Waals surface area contributed by atoms with E-state index in [-0.39, 0.29) is 4.90 Å². The molecule has 0 atom stereocenters. The van der Waals surface area contributed by atoms with Crippen LogP contribution in [0.25, 0.3) is 0 Å². The van der Waals surface area contributed by atoms with Gasteiger partial charge in [0.15, 0.2) is 0 Å². The van der Waals surface area contributed by atoms with Crippen molar-refractivity contribution >= 4 is 21.4 Å². The lowest BCUT2D eigenvalue weighted by atomic mass is 10.1. The number of hydrogen-bond donors (Lipinski definition) is 2. The minimum atomic E-state index is -3.90. The van der Waals surface area contributed by atoms with Gasteiger partial charge in [-0.05, 0) is 41.5 Å². The number of benzene rings is 2. The molecule has 0 aliphatic carbocycles. The van der Waals surface area contributed by atoms with Gasteiger partial charge in [-0.25, -0.2) is 17.9 Å². The first-order valence-electron chi connectivity index (χ1n) is 6.29. The van der Waals surface area contributed by atoms with Crippen molar-refractivity contribution in [2.45, 2.75) is 18.0 Å². The number of anilines is 2. The Kier molecular flexibility index (Phi) is 3.11. The molecule has 0 amide bonds. The summed E-state index contributed by atoms with van der Waals surface area (Å²) >= 11 is 0. The molecule has 0 radical (unpaired) electrons. The quantitative estimate of drug-likeness (QED) is 0.824. The maximum absolute atomic E-state index is 14.1. The number of nitrogen functional groups attached to an aromatic ring is 1. The summed E-state index contributed by atoms with van der Waals surface area (Å²) in [6.45, 7) is 1.09. The first-order chi connectivity index (χ1) is 9.84. The Balaban J connectivity index is 1.93. The molecule has 0 saturated heterocycles. The van der Waals surface area contributed by atoms with E-state index in [0.29, 0.717) is 24.5 Å². The maximum Gasteiger partial charge on any atom is 0.238 e. The van der Waals surface area contributed by atoms with Gasteiger partial charge in [0.05, 0.1) is 10.6 Å². The minimum absolute atomic E-state index is 0.232. The molecule has 4 N–H and O–H groups in total. The van der Waals surface area contributed by atoms with Gasteiger partial charge < -0.3 is 10.6 Å². The SMILES string of the molecule is Nc1ccc2c(c1)CN(c1ccc(S(N)(=O)=O)cc1F)C2. The van der Waals surface area contributed by atoms with Gasteiger partial charge in [-0.1, -0.05) is 6.07 Å². The lowest BCUT2D eigenvalue weighted by Crippen LogP contribution is -2.17. The molecule has 0 unspecified atom stereocenters. The van der Waals surface area contributed by atoms with Crippen LogP contribution in [0.2, 0.25) is 0 Å². The van der Waals surface area contributed by atoms with Gasteiger partial charge in [-0.3, -0.25) is 0 Å². The molecule has 3 rings (SSSR count). The summed E-state index contributed by atoms with van der Waals surface area (Å²) in [5.74, 6) is -0.609. The Labute approximate surface area is 122 Å². The van der Waals surface area contributed by atoms with Gasteiger partial charge in [-0.2, -0.15) is 0 Å². The van der Waals surface area contributed by atoms with Gasteiger partial charge in [0.1, 0.15) is 5.82 Å². The van der Waals surface area contributed by atoms with Crippen molar-refractivity contribution < 1.29 is 12.8 Å². The number of hydrogen-bond acceptors (Lipinski definition) is 4. The minimum Gasteiger partial charge on any atom is -0.399 e.